The van der Waals surface area contributed by atoms with E-state index in [1.54, 1.807) is 18.6 Å². The summed E-state index contributed by atoms with van der Waals surface area (Å²) in [4.78, 5) is 8.01. The number of hydrogen-bond acceptors (Lipinski definition) is 5. The van der Waals surface area contributed by atoms with E-state index in [-0.39, 0.29) is 11.8 Å². The fourth-order valence-electron chi connectivity index (χ4n) is 1.29. The smallest absolute Gasteiger partial charge is 0.149 e. The lowest BCUT2D eigenvalue weighted by Gasteiger charge is -2.15. The summed E-state index contributed by atoms with van der Waals surface area (Å²) in [7, 11) is -3.02. The van der Waals surface area contributed by atoms with Gasteiger partial charge >= 0.3 is 0 Å². The van der Waals surface area contributed by atoms with Crippen molar-refractivity contribution in [1.82, 2.24) is 15.3 Å². The molecule has 0 spiro atoms. The number of aromatic nitrogens is 2. The summed E-state index contributed by atoms with van der Waals surface area (Å²) < 4.78 is 22.4. The first-order chi connectivity index (χ1) is 7.03. The van der Waals surface area contributed by atoms with E-state index in [9.17, 15) is 8.42 Å². The van der Waals surface area contributed by atoms with E-state index in [0.717, 1.165) is 0 Å². The Morgan fingerprint density at radius 3 is 2.67 bits per heavy atom. The van der Waals surface area contributed by atoms with Crippen molar-refractivity contribution < 1.29 is 8.42 Å². The highest BCUT2D eigenvalue weighted by Crippen LogP contribution is 2.10. The van der Waals surface area contributed by atoms with Gasteiger partial charge in [0, 0.05) is 24.8 Å². The van der Waals surface area contributed by atoms with Gasteiger partial charge in [0.2, 0.25) is 0 Å². The first-order valence-corrected chi connectivity index (χ1v) is 6.76. The van der Waals surface area contributed by atoms with Gasteiger partial charge in [0.15, 0.2) is 0 Å². The van der Waals surface area contributed by atoms with Crippen LogP contribution in [0.5, 0.6) is 0 Å². The monoisotopic (exact) mass is 229 g/mol. The van der Waals surface area contributed by atoms with Gasteiger partial charge in [-0.05, 0) is 6.54 Å². The molecule has 0 fully saturated rings. The van der Waals surface area contributed by atoms with Gasteiger partial charge < -0.3 is 5.32 Å². The summed E-state index contributed by atoms with van der Waals surface area (Å²) >= 11 is 0. The minimum absolute atomic E-state index is 0.0412. The maximum absolute atomic E-state index is 11.2. The van der Waals surface area contributed by atoms with Crippen molar-refractivity contribution in [2.45, 2.75) is 13.0 Å². The number of sulfone groups is 1. The summed E-state index contributed by atoms with van der Waals surface area (Å²) in [5.41, 5.74) is 0.657. The molecule has 0 aliphatic carbocycles. The summed E-state index contributed by atoms with van der Waals surface area (Å²) in [6.07, 6.45) is 5.92. The van der Waals surface area contributed by atoms with Crippen molar-refractivity contribution in [3.63, 3.8) is 0 Å². The maximum atomic E-state index is 11.2. The summed E-state index contributed by atoms with van der Waals surface area (Å²) in [6, 6.07) is -0.279. The highest BCUT2D eigenvalue weighted by Gasteiger charge is 2.17. The molecule has 0 amide bonds. The number of hydrogen-bond donors (Lipinski definition) is 1. The lowest BCUT2D eigenvalue weighted by atomic mass is 10.2. The molecule has 5 nitrogen and oxygen atoms in total. The molecule has 15 heavy (non-hydrogen) atoms. The van der Waals surface area contributed by atoms with Gasteiger partial charge in [0.25, 0.3) is 0 Å². The lowest BCUT2D eigenvalue weighted by molar-refractivity contribution is 0.554. The van der Waals surface area contributed by atoms with Crippen LogP contribution in [-0.4, -0.2) is 36.9 Å². The van der Waals surface area contributed by atoms with Crippen LogP contribution in [0.2, 0.25) is 0 Å². The van der Waals surface area contributed by atoms with Crippen LogP contribution >= 0.6 is 0 Å². The predicted octanol–water partition coefficient (Wildman–Crippen LogP) is 0.172. The predicted molar refractivity (Wildman–Crippen MR) is 58.2 cm³/mol. The number of nitrogens with one attached hydrogen (secondary N) is 1. The zero-order valence-electron chi connectivity index (χ0n) is 8.84. The van der Waals surface area contributed by atoms with Gasteiger partial charge in [-0.25, -0.2) is 8.42 Å². The molecule has 0 aliphatic heterocycles. The molecule has 0 saturated carbocycles. The lowest BCUT2D eigenvalue weighted by Crippen LogP contribution is -2.28. The third kappa shape index (κ3) is 4.35. The Morgan fingerprint density at radius 1 is 1.47 bits per heavy atom. The van der Waals surface area contributed by atoms with Gasteiger partial charge in [0.05, 0.1) is 17.5 Å². The van der Waals surface area contributed by atoms with Gasteiger partial charge in [-0.2, -0.15) is 0 Å². The van der Waals surface area contributed by atoms with Crippen LogP contribution in [0.4, 0.5) is 0 Å². The Kier molecular flexibility index (Phi) is 4.16. The average molecular weight is 229 g/mol. The van der Waals surface area contributed by atoms with Crippen molar-refractivity contribution >= 4 is 9.84 Å². The minimum atomic E-state index is -3.02. The average Bonchev–Trinajstić information content (AvgIpc) is 2.17. The molecule has 0 aromatic carbocycles. The van der Waals surface area contributed by atoms with Gasteiger partial charge in [-0.15, -0.1) is 0 Å². The molecule has 0 bridgehead atoms. The molecule has 1 aromatic rings. The van der Waals surface area contributed by atoms with Crippen LogP contribution in [0.15, 0.2) is 18.6 Å². The van der Waals surface area contributed by atoms with E-state index in [1.807, 2.05) is 6.92 Å². The summed E-state index contributed by atoms with van der Waals surface area (Å²) in [5, 5.41) is 3.07. The molecule has 6 heteroatoms. The van der Waals surface area contributed by atoms with E-state index in [4.69, 9.17) is 0 Å². The van der Waals surface area contributed by atoms with Crippen LogP contribution in [0.25, 0.3) is 0 Å². The minimum Gasteiger partial charge on any atom is -0.308 e. The van der Waals surface area contributed by atoms with Gasteiger partial charge in [-0.3, -0.25) is 9.97 Å². The van der Waals surface area contributed by atoms with Crippen molar-refractivity contribution in [2.24, 2.45) is 0 Å². The first kappa shape index (κ1) is 12.1. The quantitative estimate of drug-likeness (QED) is 0.779. The Bertz CT molecular complexity index is 391. The van der Waals surface area contributed by atoms with E-state index in [0.29, 0.717) is 12.2 Å². The third-order valence-corrected chi connectivity index (χ3v) is 2.80. The normalized spacial score (nSPS) is 13.7. The maximum Gasteiger partial charge on any atom is 0.149 e. The topological polar surface area (TPSA) is 72.0 Å². The third-order valence-electron chi connectivity index (χ3n) is 1.86. The fraction of sp³-hybridized carbons (Fsp3) is 0.556. The largest absolute Gasteiger partial charge is 0.308 e. The Balaban J connectivity index is 2.84. The van der Waals surface area contributed by atoms with Crippen LogP contribution in [0.1, 0.15) is 18.7 Å². The van der Waals surface area contributed by atoms with Crippen molar-refractivity contribution in [2.75, 3.05) is 18.6 Å². The molecular formula is C9H15N3O2S. The van der Waals surface area contributed by atoms with Gasteiger partial charge in [0.1, 0.15) is 9.84 Å². The van der Waals surface area contributed by atoms with Crippen LogP contribution in [0, 0.1) is 0 Å². The second kappa shape index (κ2) is 5.18. The molecule has 1 unspecified atom stereocenters. The second-order valence-electron chi connectivity index (χ2n) is 3.33. The fourth-order valence-corrected chi connectivity index (χ4v) is 2.18. The summed E-state index contributed by atoms with van der Waals surface area (Å²) in [5.74, 6) is 0.0412. The molecule has 1 aromatic heterocycles. The van der Waals surface area contributed by atoms with Crippen LogP contribution in [-0.2, 0) is 9.84 Å². The van der Waals surface area contributed by atoms with E-state index in [2.05, 4.69) is 15.3 Å². The van der Waals surface area contributed by atoms with E-state index >= 15 is 0 Å². The molecule has 0 radical (unpaired) electrons. The molecule has 1 heterocycles. The highest BCUT2D eigenvalue weighted by molar-refractivity contribution is 7.90. The van der Waals surface area contributed by atoms with Crippen molar-refractivity contribution in [3.05, 3.63) is 24.3 Å². The zero-order chi connectivity index (χ0) is 11.3. The van der Waals surface area contributed by atoms with E-state index in [1.165, 1.54) is 6.26 Å². The number of nitrogens with zero attached hydrogens (tertiary/aromatic N) is 2. The van der Waals surface area contributed by atoms with Crippen molar-refractivity contribution in [1.29, 1.82) is 0 Å². The van der Waals surface area contributed by atoms with Crippen LogP contribution in [0.3, 0.4) is 0 Å². The standard InChI is InChI=1S/C9H15N3O2S/c1-3-11-9(7-15(2,13)14)8-6-10-4-5-12-8/h4-6,9,11H,3,7H2,1-2H3. The van der Waals surface area contributed by atoms with Gasteiger partial charge in [-0.1, -0.05) is 6.92 Å². The van der Waals surface area contributed by atoms with E-state index < -0.39 is 9.84 Å². The zero-order valence-corrected chi connectivity index (χ0v) is 9.66. The molecule has 1 rings (SSSR count). The molecule has 84 valence electrons. The first-order valence-electron chi connectivity index (χ1n) is 4.70. The highest BCUT2D eigenvalue weighted by atomic mass is 32.2. The Labute approximate surface area is 89.9 Å². The molecule has 1 atom stereocenters. The molecule has 1 N–H and O–H groups in total. The van der Waals surface area contributed by atoms with Crippen LogP contribution < -0.4 is 5.32 Å². The second-order valence-corrected chi connectivity index (χ2v) is 5.52. The summed E-state index contributed by atoms with van der Waals surface area (Å²) in [6.45, 7) is 2.61. The Hall–Kier alpha value is -1.01. The molecular weight excluding hydrogens is 214 g/mol. The SMILES string of the molecule is CCNC(CS(C)(=O)=O)c1cnccn1. The Morgan fingerprint density at radius 2 is 2.20 bits per heavy atom. The molecule has 0 saturated heterocycles. The number of rotatable bonds is 5. The molecule has 0 aliphatic rings. The van der Waals surface area contributed by atoms with Crippen molar-refractivity contribution in [3.8, 4) is 0 Å².